The number of halogens is 1. The molecule has 0 spiro atoms. The molecular formula is C16H18ClNO3. The third-order valence-electron chi connectivity index (χ3n) is 3.33. The van der Waals surface area contributed by atoms with Crippen LogP contribution in [0.3, 0.4) is 0 Å². The molecule has 5 heteroatoms. The van der Waals surface area contributed by atoms with E-state index < -0.39 is 11.0 Å². The molecule has 1 aromatic carbocycles. The summed E-state index contributed by atoms with van der Waals surface area (Å²) in [5.74, 6) is 0.217. The summed E-state index contributed by atoms with van der Waals surface area (Å²) in [4.78, 5) is 26.0. The van der Waals surface area contributed by atoms with Gasteiger partial charge >= 0.3 is 0 Å². The number of rotatable bonds is 4. The molecule has 0 saturated carbocycles. The van der Waals surface area contributed by atoms with Crippen LogP contribution in [0.2, 0.25) is 0 Å². The van der Waals surface area contributed by atoms with E-state index in [1.807, 2.05) is 0 Å². The van der Waals surface area contributed by atoms with E-state index >= 15 is 0 Å². The van der Waals surface area contributed by atoms with Gasteiger partial charge in [-0.3, -0.25) is 9.59 Å². The highest BCUT2D eigenvalue weighted by Crippen LogP contribution is 2.38. The fourth-order valence-corrected chi connectivity index (χ4v) is 2.39. The lowest BCUT2D eigenvalue weighted by atomic mass is 10.0. The lowest BCUT2D eigenvalue weighted by Gasteiger charge is -2.38. The van der Waals surface area contributed by atoms with Crippen molar-refractivity contribution in [3.63, 3.8) is 0 Å². The van der Waals surface area contributed by atoms with Gasteiger partial charge in [-0.1, -0.05) is 6.08 Å². The van der Waals surface area contributed by atoms with Crippen molar-refractivity contribution in [1.29, 1.82) is 0 Å². The third kappa shape index (κ3) is 2.81. The Kier molecular flexibility index (Phi) is 4.10. The maximum atomic E-state index is 12.5. The fourth-order valence-electron chi connectivity index (χ4n) is 2.26. The van der Waals surface area contributed by atoms with E-state index in [0.29, 0.717) is 23.5 Å². The quantitative estimate of drug-likeness (QED) is 0.487. The van der Waals surface area contributed by atoms with Crippen LogP contribution in [-0.4, -0.2) is 29.2 Å². The SMILES string of the molecule is C=CCN1C(=O)C(C)(C)Oc2ccc(C(=O)C(C)Cl)cc21. The average Bonchev–Trinajstić information content (AvgIpc) is 2.42. The van der Waals surface area contributed by atoms with Crippen molar-refractivity contribution in [2.75, 3.05) is 11.4 Å². The zero-order valence-corrected chi connectivity index (χ0v) is 13.1. The van der Waals surface area contributed by atoms with Gasteiger partial charge < -0.3 is 9.64 Å². The Morgan fingerprint density at radius 2 is 2.19 bits per heavy atom. The van der Waals surface area contributed by atoms with Crippen molar-refractivity contribution in [2.24, 2.45) is 0 Å². The van der Waals surface area contributed by atoms with Gasteiger partial charge in [0.25, 0.3) is 5.91 Å². The molecule has 1 aromatic rings. The molecule has 1 atom stereocenters. The molecule has 0 aromatic heterocycles. The summed E-state index contributed by atoms with van der Waals surface area (Å²) in [6, 6.07) is 5.01. The maximum Gasteiger partial charge on any atom is 0.270 e. The highest BCUT2D eigenvalue weighted by molar-refractivity contribution is 6.33. The molecule has 0 aliphatic carbocycles. The third-order valence-corrected chi connectivity index (χ3v) is 3.53. The summed E-state index contributed by atoms with van der Waals surface area (Å²) in [6.45, 7) is 9.08. The summed E-state index contributed by atoms with van der Waals surface area (Å²) < 4.78 is 5.73. The van der Waals surface area contributed by atoms with Crippen molar-refractivity contribution in [2.45, 2.75) is 31.7 Å². The predicted molar refractivity (Wildman–Crippen MR) is 83.3 cm³/mol. The molecule has 0 saturated heterocycles. The zero-order valence-electron chi connectivity index (χ0n) is 12.4. The molecule has 0 fully saturated rings. The first-order valence-electron chi connectivity index (χ1n) is 6.72. The van der Waals surface area contributed by atoms with Gasteiger partial charge in [-0.05, 0) is 39.0 Å². The fraction of sp³-hybridized carbons (Fsp3) is 0.375. The number of alkyl halides is 1. The molecule has 4 nitrogen and oxygen atoms in total. The molecule has 1 aliphatic rings. The van der Waals surface area contributed by atoms with Crippen LogP contribution in [-0.2, 0) is 4.79 Å². The molecule has 0 bridgehead atoms. The summed E-state index contributed by atoms with van der Waals surface area (Å²) in [6.07, 6.45) is 1.64. The molecular weight excluding hydrogens is 290 g/mol. The van der Waals surface area contributed by atoms with Gasteiger partial charge in [0, 0.05) is 12.1 Å². The molecule has 1 unspecified atom stereocenters. The minimum atomic E-state index is -0.943. The molecule has 0 N–H and O–H groups in total. The largest absolute Gasteiger partial charge is 0.476 e. The minimum absolute atomic E-state index is 0.168. The number of Topliss-reactive ketones (excluding diaryl/α,β-unsaturated/α-hetero) is 1. The van der Waals surface area contributed by atoms with E-state index in [2.05, 4.69) is 6.58 Å². The normalized spacial score (nSPS) is 17.7. The van der Waals surface area contributed by atoms with Crippen molar-refractivity contribution in [1.82, 2.24) is 0 Å². The Morgan fingerprint density at radius 3 is 2.76 bits per heavy atom. The average molecular weight is 308 g/mol. The minimum Gasteiger partial charge on any atom is -0.476 e. The van der Waals surface area contributed by atoms with Crippen LogP contribution in [0.5, 0.6) is 5.75 Å². The zero-order chi connectivity index (χ0) is 15.8. The number of anilines is 1. The Labute approximate surface area is 129 Å². The van der Waals surface area contributed by atoms with Crippen LogP contribution in [0.4, 0.5) is 5.69 Å². The topological polar surface area (TPSA) is 46.6 Å². The summed E-state index contributed by atoms with van der Waals surface area (Å²) in [5.41, 5.74) is 0.0882. The van der Waals surface area contributed by atoms with Gasteiger partial charge in [0.15, 0.2) is 11.4 Å². The molecule has 0 radical (unpaired) electrons. The van der Waals surface area contributed by atoms with Gasteiger partial charge in [-0.2, -0.15) is 0 Å². The second kappa shape index (κ2) is 5.53. The lowest BCUT2D eigenvalue weighted by molar-refractivity contribution is -0.132. The van der Waals surface area contributed by atoms with Crippen molar-refractivity contribution in [3.05, 3.63) is 36.4 Å². The van der Waals surface area contributed by atoms with Crippen LogP contribution in [0.1, 0.15) is 31.1 Å². The van der Waals surface area contributed by atoms with Crippen molar-refractivity contribution in [3.8, 4) is 5.75 Å². The number of nitrogens with zero attached hydrogens (tertiary/aromatic N) is 1. The van der Waals surface area contributed by atoms with Crippen molar-refractivity contribution < 1.29 is 14.3 Å². The number of ether oxygens (including phenoxy) is 1. The van der Waals surface area contributed by atoms with Gasteiger partial charge in [0.05, 0.1) is 11.1 Å². The molecule has 1 heterocycles. The first-order chi connectivity index (χ1) is 9.77. The second-order valence-electron chi connectivity index (χ2n) is 5.48. The lowest BCUT2D eigenvalue weighted by Crippen LogP contribution is -2.52. The number of fused-ring (bicyclic) bond motifs is 1. The molecule has 1 amide bonds. The number of hydrogen-bond acceptors (Lipinski definition) is 3. The first-order valence-corrected chi connectivity index (χ1v) is 7.16. The standard InChI is InChI=1S/C16H18ClNO3/c1-5-8-18-12-9-11(14(19)10(2)17)6-7-13(12)21-16(3,4)15(18)20/h5-7,9-10H,1,8H2,2-4H3. The van der Waals surface area contributed by atoms with E-state index in [-0.39, 0.29) is 11.7 Å². The molecule has 1 aliphatic heterocycles. The highest BCUT2D eigenvalue weighted by atomic mass is 35.5. The van der Waals surface area contributed by atoms with Gasteiger partial charge in [0.2, 0.25) is 0 Å². The van der Waals surface area contributed by atoms with Crippen molar-refractivity contribution >= 4 is 29.0 Å². The Hall–Kier alpha value is -1.81. The Bertz CT molecular complexity index is 608. The van der Waals surface area contributed by atoms with E-state index in [4.69, 9.17) is 16.3 Å². The van der Waals surface area contributed by atoms with Crippen LogP contribution < -0.4 is 9.64 Å². The first kappa shape index (κ1) is 15.6. The summed E-state index contributed by atoms with van der Waals surface area (Å²) in [7, 11) is 0. The predicted octanol–water partition coefficient (Wildman–Crippen LogP) is 3.19. The number of carbonyl (C=O) groups excluding carboxylic acids is 2. The van der Waals surface area contributed by atoms with Gasteiger partial charge in [-0.25, -0.2) is 0 Å². The van der Waals surface area contributed by atoms with Crippen LogP contribution in [0, 0.1) is 0 Å². The number of amides is 1. The van der Waals surface area contributed by atoms with Crippen LogP contribution in [0.15, 0.2) is 30.9 Å². The Balaban J connectivity index is 2.52. The maximum absolute atomic E-state index is 12.5. The number of hydrogen-bond donors (Lipinski definition) is 0. The van der Waals surface area contributed by atoms with E-state index in [1.54, 1.807) is 49.9 Å². The summed E-state index contributed by atoms with van der Waals surface area (Å²) in [5, 5.41) is -0.618. The number of carbonyl (C=O) groups is 2. The number of ketones is 1. The van der Waals surface area contributed by atoms with E-state index in [0.717, 1.165) is 0 Å². The van der Waals surface area contributed by atoms with Gasteiger partial charge in [-0.15, -0.1) is 18.2 Å². The summed E-state index contributed by atoms with van der Waals surface area (Å²) >= 11 is 5.84. The Morgan fingerprint density at radius 1 is 1.52 bits per heavy atom. The molecule has 2 rings (SSSR count). The van der Waals surface area contributed by atoms with Crippen LogP contribution in [0.25, 0.3) is 0 Å². The van der Waals surface area contributed by atoms with Gasteiger partial charge in [0.1, 0.15) is 5.75 Å². The van der Waals surface area contributed by atoms with Crippen LogP contribution >= 0.6 is 11.6 Å². The van der Waals surface area contributed by atoms with E-state index in [1.165, 1.54) is 0 Å². The highest BCUT2D eigenvalue weighted by Gasteiger charge is 2.40. The molecule has 112 valence electrons. The monoisotopic (exact) mass is 307 g/mol. The number of benzene rings is 1. The smallest absolute Gasteiger partial charge is 0.270 e. The second-order valence-corrected chi connectivity index (χ2v) is 6.13. The van der Waals surface area contributed by atoms with E-state index in [9.17, 15) is 9.59 Å². The molecule has 21 heavy (non-hydrogen) atoms.